The number of amides is 1. The zero-order chi connectivity index (χ0) is 20.3. The summed E-state index contributed by atoms with van der Waals surface area (Å²) >= 11 is 0. The molecule has 2 atom stereocenters. The molecule has 1 amide bonds. The Labute approximate surface area is 166 Å². The first kappa shape index (κ1) is 20.8. The molecule has 1 aromatic rings. The predicted octanol–water partition coefficient (Wildman–Crippen LogP) is 1.15. The van der Waals surface area contributed by atoms with Crippen molar-refractivity contribution in [3.05, 3.63) is 31.0 Å². The Hall–Kier alpha value is -1.97. The lowest BCUT2D eigenvalue weighted by molar-refractivity contribution is -0.117. The molecule has 0 bridgehead atoms. The van der Waals surface area contributed by atoms with Gasteiger partial charge in [-0.25, -0.2) is 13.4 Å². The number of morpholine rings is 1. The predicted molar refractivity (Wildman–Crippen MR) is 107 cm³/mol. The summed E-state index contributed by atoms with van der Waals surface area (Å²) in [7, 11) is -3.67. The number of rotatable bonds is 5. The van der Waals surface area contributed by atoms with Gasteiger partial charge in [-0.3, -0.25) is 4.79 Å². The number of pyridine rings is 1. The molecule has 1 aromatic heterocycles. The molecular formula is C19H28N4O4S. The lowest BCUT2D eigenvalue weighted by Gasteiger charge is -2.41. The summed E-state index contributed by atoms with van der Waals surface area (Å²) in [4.78, 5) is 18.2. The number of aromatic nitrogens is 1. The van der Waals surface area contributed by atoms with Crippen LogP contribution >= 0.6 is 0 Å². The van der Waals surface area contributed by atoms with Gasteiger partial charge in [0.05, 0.1) is 13.2 Å². The number of piperidine rings is 1. The van der Waals surface area contributed by atoms with Gasteiger partial charge in [-0.15, -0.1) is 0 Å². The molecule has 2 aliphatic rings. The van der Waals surface area contributed by atoms with Crippen molar-refractivity contribution in [2.24, 2.45) is 0 Å². The highest BCUT2D eigenvalue weighted by Gasteiger charge is 2.39. The average molecular weight is 409 g/mol. The summed E-state index contributed by atoms with van der Waals surface area (Å²) in [5, 5.41) is 2.88. The Bertz CT molecular complexity index is 794. The molecule has 8 nitrogen and oxygen atoms in total. The highest BCUT2D eigenvalue weighted by molar-refractivity contribution is 7.89. The van der Waals surface area contributed by atoms with Gasteiger partial charge in [0, 0.05) is 37.4 Å². The number of nitrogens with one attached hydrogen (secondary N) is 1. The highest BCUT2D eigenvalue weighted by atomic mass is 32.2. The quantitative estimate of drug-likeness (QED) is 0.735. The molecule has 3 rings (SSSR count). The van der Waals surface area contributed by atoms with Gasteiger partial charge in [0.1, 0.15) is 10.7 Å². The van der Waals surface area contributed by atoms with E-state index in [-0.39, 0.29) is 28.9 Å². The highest BCUT2D eigenvalue weighted by Crippen LogP contribution is 2.30. The normalized spacial score (nSPS) is 26.6. The van der Waals surface area contributed by atoms with Gasteiger partial charge in [-0.1, -0.05) is 6.58 Å². The summed E-state index contributed by atoms with van der Waals surface area (Å²) in [6.07, 6.45) is 3.79. The topological polar surface area (TPSA) is 91.8 Å². The zero-order valence-electron chi connectivity index (χ0n) is 16.4. The Balaban J connectivity index is 1.74. The van der Waals surface area contributed by atoms with Crippen molar-refractivity contribution in [1.29, 1.82) is 0 Å². The van der Waals surface area contributed by atoms with Crippen LogP contribution in [0.2, 0.25) is 0 Å². The second kappa shape index (κ2) is 8.59. The second-order valence-corrected chi connectivity index (χ2v) is 9.21. The van der Waals surface area contributed by atoms with Crippen molar-refractivity contribution in [3.63, 3.8) is 0 Å². The summed E-state index contributed by atoms with van der Waals surface area (Å²) in [5.41, 5.74) is 0. The van der Waals surface area contributed by atoms with E-state index in [1.807, 2.05) is 13.8 Å². The molecule has 1 N–H and O–H groups in total. The Morgan fingerprint density at radius 2 is 1.89 bits per heavy atom. The number of ether oxygens (including phenoxy) is 1. The minimum Gasteiger partial charge on any atom is -0.378 e. The van der Waals surface area contributed by atoms with Crippen LogP contribution in [0.1, 0.15) is 26.7 Å². The molecule has 2 saturated heterocycles. The van der Waals surface area contributed by atoms with E-state index in [1.54, 1.807) is 12.1 Å². The van der Waals surface area contributed by atoms with Crippen LogP contribution in [-0.2, 0) is 19.6 Å². The van der Waals surface area contributed by atoms with E-state index in [4.69, 9.17) is 4.74 Å². The minimum atomic E-state index is -3.67. The van der Waals surface area contributed by atoms with Gasteiger partial charge in [-0.2, -0.15) is 4.31 Å². The lowest BCUT2D eigenvalue weighted by atomic mass is 9.95. The van der Waals surface area contributed by atoms with Crippen LogP contribution in [0.4, 0.5) is 5.82 Å². The van der Waals surface area contributed by atoms with E-state index in [0.717, 1.165) is 18.9 Å². The Morgan fingerprint density at radius 3 is 2.43 bits per heavy atom. The fourth-order valence-corrected chi connectivity index (χ4v) is 5.83. The van der Waals surface area contributed by atoms with E-state index in [2.05, 4.69) is 21.8 Å². The van der Waals surface area contributed by atoms with Crippen molar-refractivity contribution in [2.75, 3.05) is 31.2 Å². The van der Waals surface area contributed by atoms with Gasteiger partial charge in [0.15, 0.2) is 0 Å². The van der Waals surface area contributed by atoms with E-state index in [0.29, 0.717) is 26.1 Å². The van der Waals surface area contributed by atoms with E-state index in [1.165, 1.54) is 16.6 Å². The van der Waals surface area contributed by atoms with Gasteiger partial charge in [0.2, 0.25) is 15.9 Å². The van der Waals surface area contributed by atoms with Gasteiger partial charge in [0.25, 0.3) is 0 Å². The average Bonchev–Trinajstić information content (AvgIpc) is 2.68. The maximum Gasteiger partial charge on any atom is 0.245 e. The standard InChI is InChI=1S/C19H28N4O4S/c1-4-19(24)21-16-11-14(2)23(15(3)12-16)28(25,26)17-5-6-18(20-13-17)22-7-9-27-10-8-22/h4-6,13-16H,1,7-12H2,2-3H3,(H,21,24). The Morgan fingerprint density at radius 1 is 1.25 bits per heavy atom. The zero-order valence-corrected chi connectivity index (χ0v) is 17.2. The van der Waals surface area contributed by atoms with Crippen molar-refractivity contribution < 1.29 is 17.9 Å². The monoisotopic (exact) mass is 408 g/mol. The summed E-state index contributed by atoms with van der Waals surface area (Å²) in [6.45, 7) is 9.99. The number of anilines is 1. The SMILES string of the molecule is C=CC(=O)NC1CC(C)N(S(=O)(=O)c2ccc(N3CCOCC3)nc2)C(C)C1. The molecular weight excluding hydrogens is 380 g/mol. The van der Waals surface area contributed by atoms with E-state index in [9.17, 15) is 13.2 Å². The van der Waals surface area contributed by atoms with Crippen LogP contribution < -0.4 is 10.2 Å². The first-order chi connectivity index (χ1) is 13.3. The second-order valence-electron chi connectivity index (χ2n) is 7.37. The third-order valence-electron chi connectivity index (χ3n) is 5.28. The molecule has 3 heterocycles. The lowest BCUT2D eigenvalue weighted by Crippen LogP contribution is -2.54. The van der Waals surface area contributed by atoms with Crippen LogP contribution in [0, 0.1) is 0 Å². The number of sulfonamides is 1. The van der Waals surface area contributed by atoms with Crippen molar-refractivity contribution in [2.45, 2.75) is 49.7 Å². The number of nitrogens with zero attached hydrogens (tertiary/aromatic N) is 3. The molecule has 0 aliphatic carbocycles. The van der Waals surface area contributed by atoms with Crippen molar-refractivity contribution >= 4 is 21.7 Å². The van der Waals surface area contributed by atoms with E-state index >= 15 is 0 Å². The van der Waals surface area contributed by atoms with Crippen molar-refractivity contribution in [3.8, 4) is 0 Å². The first-order valence-electron chi connectivity index (χ1n) is 9.58. The van der Waals surface area contributed by atoms with Crippen LogP contribution in [-0.4, -0.2) is 68.0 Å². The Kier molecular flexibility index (Phi) is 6.36. The molecule has 154 valence electrons. The molecule has 9 heteroatoms. The fourth-order valence-electron chi connectivity index (χ4n) is 4.04. The van der Waals surface area contributed by atoms with Crippen LogP contribution in [0.5, 0.6) is 0 Å². The molecule has 28 heavy (non-hydrogen) atoms. The van der Waals surface area contributed by atoms with Crippen LogP contribution in [0.15, 0.2) is 35.9 Å². The minimum absolute atomic E-state index is 0.0660. The van der Waals surface area contributed by atoms with Crippen molar-refractivity contribution in [1.82, 2.24) is 14.6 Å². The third-order valence-corrected chi connectivity index (χ3v) is 7.40. The van der Waals surface area contributed by atoms with Gasteiger partial charge >= 0.3 is 0 Å². The maximum absolute atomic E-state index is 13.2. The summed E-state index contributed by atoms with van der Waals surface area (Å²) < 4.78 is 33.3. The van der Waals surface area contributed by atoms with Gasteiger partial charge in [-0.05, 0) is 44.9 Å². The van der Waals surface area contributed by atoms with Crippen LogP contribution in [0.25, 0.3) is 0 Å². The molecule has 0 radical (unpaired) electrons. The number of carbonyl (C=O) groups is 1. The molecule has 0 aromatic carbocycles. The molecule has 2 aliphatic heterocycles. The van der Waals surface area contributed by atoms with Gasteiger partial charge < -0.3 is 15.0 Å². The maximum atomic E-state index is 13.2. The molecule has 0 spiro atoms. The van der Waals surface area contributed by atoms with E-state index < -0.39 is 10.0 Å². The number of hydrogen-bond donors (Lipinski definition) is 1. The smallest absolute Gasteiger partial charge is 0.245 e. The molecule has 2 unspecified atom stereocenters. The first-order valence-corrected chi connectivity index (χ1v) is 11.0. The number of hydrogen-bond acceptors (Lipinski definition) is 6. The summed E-state index contributed by atoms with van der Waals surface area (Å²) in [6, 6.07) is 2.84. The molecule has 0 saturated carbocycles. The number of carbonyl (C=O) groups excluding carboxylic acids is 1. The fraction of sp³-hybridized carbons (Fsp3) is 0.579. The summed E-state index contributed by atoms with van der Waals surface area (Å²) in [5.74, 6) is 0.526. The molecule has 2 fully saturated rings. The van der Waals surface area contributed by atoms with Crippen LogP contribution in [0.3, 0.4) is 0 Å². The third kappa shape index (κ3) is 4.37. The largest absolute Gasteiger partial charge is 0.378 e.